The van der Waals surface area contributed by atoms with E-state index in [9.17, 15) is 4.79 Å². The zero-order valence-electron chi connectivity index (χ0n) is 14.6. The smallest absolute Gasteiger partial charge is 0.361 e. The number of H-pyrrole nitrogens is 1. The summed E-state index contributed by atoms with van der Waals surface area (Å²) in [5.41, 5.74) is 2.37. The van der Waals surface area contributed by atoms with E-state index in [1.165, 1.54) is 0 Å². The molecular weight excluding hydrogens is 334 g/mol. The average molecular weight is 353 g/mol. The quantitative estimate of drug-likeness (QED) is 0.656. The number of carbonyl (C=O) groups is 1. The number of carbonyl (C=O) groups excluding carboxylic acids is 1. The van der Waals surface area contributed by atoms with Crippen molar-refractivity contribution in [2.24, 2.45) is 0 Å². The third kappa shape index (κ3) is 4.00. The van der Waals surface area contributed by atoms with Crippen LogP contribution in [0.3, 0.4) is 0 Å². The Labute approximate surface area is 150 Å². The van der Waals surface area contributed by atoms with Gasteiger partial charge in [0.05, 0.1) is 13.7 Å². The summed E-state index contributed by atoms with van der Waals surface area (Å²) in [4.78, 5) is 11.9. The lowest BCUT2D eigenvalue weighted by atomic mass is 10.1. The van der Waals surface area contributed by atoms with E-state index in [4.69, 9.17) is 14.2 Å². The second kappa shape index (κ2) is 8.15. The Morgan fingerprint density at radius 2 is 1.88 bits per heavy atom. The number of aromatic nitrogens is 3. The number of nitrogens with one attached hydrogen (secondary N) is 1. The second-order valence-corrected chi connectivity index (χ2v) is 5.41. The molecule has 0 aliphatic heterocycles. The first-order chi connectivity index (χ1) is 12.7. The van der Waals surface area contributed by atoms with Crippen LogP contribution >= 0.6 is 0 Å². The Morgan fingerprint density at radius 3 is 2.62 bits per heavy atom. The van der Waals surface area contributed by atoms with E-state index in [-0.39, 0.29) is 12.3 Å². The molecule has 3 rings (SSSR count). The second-order valence-electron chi connectivity index (χ2n) is 5.41. The van der Waals surface area contributed by atoms with E-state index in [1.54, 1.807) is 14.0 Å². The van der Waals surface area contributed by atoms with Gasteiger partial charge in [-0.3, -0.25) is 0 Å². The number of methoxy groups -OCH3 is 1. The summed E-state index contributed by atoms with van der Waals surface area (Å²) in [6.07, 6.45) is 0. The van der Waals surface area contributed by atoms with Crippen molar-refractivity contribution in [2.75, 3.05) is 13.7 Å². The highest BCUT2D eigenvalue weighted by molar-refractivity contribution is 5.93. The van der Waals surface area contributed by atoms with Crippen molar-refractivity contribution in [3.8, 4) is 22.8 Å². The molecule has 0 spiro atoms. The maximum Gasteiger partial charge on any atom is 0.361 e. The molecule has 0 radical (unpaired) electrons. The van der Waals surface area contributed by atoms with Crippen LogP contribution in [-0.2, 0) is 11.3 Å². The lowest BCUT2D eigenvalue weighted by Crippen LogP contribution is -2.06. The van der Waals surface area contributed by atoms with E-state index in [0.29, 0.717) is 18.1 Å². The number of rotatable bonds is 7. The minimum absolute atomic E-state index is 0.164. The fourth-order valence-corrected chi connectivity index (χ4v) is 2.41. The molecule has 0 aliphatic carbocycles. The average Bonchev–Trinajstić information content (AvgIpc) is 3.17. The van der Waals surface area contributed by atoms with Crippen LogP contribution in [0, 0.1) is 0 Å². The Kier molecular flexibility index (Phi) is 5.48. The van der Waals surface area contributed by atoms with Gasteiger partial charge in [0, 0.05) is 5.56 Å². The van der Waals surface area contributed by atoms with Crippen LogP contribution < -0.4 is 9.47 Å². The fraction of sp³-hybridized carbons (Fsp3) is 0.211. The first-order valence-electron chi connectivity index (χ1n) is 8.15. The summed E-state index contributed by atoms with van der Waals surface area (Å²) in [6, 6.07) is 15.0. The summed E-state index contributed by atoms with van der Waals surface area (Å²) in [5, 5.41) is 10.4. The van der Waals surface area contributed by atoms with Gasteiger partial charge in [0.25, 0.3) is 0 Å². The van der Waals surface area contributed by atoms with E-state index in [0.717, 1.165) is 16.9 Å². The van der Waals surface area contributed by atoms with Gasteiger partial charge in [-0.05, 0) is 48.9 Å². The molecule has 1 heterocycles. The molecule has 2 aromatic carbocycles. The van der Waals surface area contributed by atoms with E-state index in [1.807, 2.05) is 48.5 Å². The number of hydrogen-bond acceptors (Lipinski definition) is 6. The molecule has 7 heteroatoms. The molecule has 26 heavy (non-hydrogen) atoms. The van der Waals surface area contributed by atoms with Gasteiger partial charge in [0.1, 0.15) is 23.8 Å². The summed E-state index contributed by atoms with van der Waals surface area (Å²) in [5.74, 6) is 0.992. The predicted molar refractivity (Wildman–Crippen MR) is 95.1 cm³/mol. The van der Waals surface area contributed by atoms with Crippen molar-refractivity contribution in [1.29, 1.82) is 0 Å². The minimum Gasteiger partial charge on any atom is -0.497 e. The Hall–Kier alpha value is -3.35. The standard InChI is InChI=1S/C19H19N3O4/c1-3-25-19(23)18-17(20-22-21-18)14-7-9-15(10-8-14)26-12-13-5-4-6-16(11-13)24-2/h4-11H,3,12H2,1-2H3,(H,20,21,22). The molecule has 134 valence electrons. The van der Waals surface area contributed by atoms with Crippen LogP contribution in [0.2, 0.25) is 0 Å². The summed E-state index contributed by atoms with van der Waals surface area (Å²) in [7, 11) is 1.63. The van der Waals surface area contributed by atoms with Crippen LogP contribution in [0.15, 0.2) is 48.5 Å². The molecule has 0 saturated carbocycles. The highest BCUT2D eigenvalue weighted by Gasteiger charge is 2.18. The van der Waals surface area contributed by atoms with Crippen molar-refractivity contribution >= 4 is 5.97 Å². The highest BCUT2D eigenvalue weighted by Crippen LogP contribution is 2.24. The molecule has 0 unspecified atom stereocenters. The third-order valence-electron chi connectivity index (χ3n) is 3.68. The molecule has 0 fully saturated rings. The van der Waals surface area contributed by atoms with Gasteiger partial charge < -0.3 is 14.2 Å². The topological polar surface area (TPSA) is 86.3 Å². The molecule has 0 aliphatic rings. The molecule has 0 bridgehead atoms. The predicted octanol–water partition coefficient (Wildman–Crippen LogP) is 3.24. The SMILES string of the molecule is CCOC(=O)c1n[nH]nc1-c1ccc(OCc2cccc(OC)c2)cc1. The number of ether oxygens (including phenoxy) is 3. The highest BCUT2D eigenvalue weighted by atomic mass is 16.5. The molecule has 3 aromatic rings. The molecule has 1 N–H and O–H groups in total. The molecule has 0 amide bonds. The largest absolute Gasteiger partial charge is 0.497 e. The van der Waals surface area contributed by atoms with Crippen LogP contribution in [0.25, 0.3) is 11.3 Å². The molecule has 0 saturated heterocycles. The number of benzene rings is 2. The first kappa shape index (κ1) is 17.5. The third-order valence-corrected chi connectivity index (χ3v) is 3.68. The van der Waals surface area contributed by atoms with Crippen molar-refractivity contribution in [1.82, 2.24) is 15.4 Å². The number of esters is 1. The lowest BCUT2D eigenvalue weighted by Gasteiger charge is -2.08. The van der Waals surface area contributed by atoms with Crippen LogP contribution in [0.1, 0.15) is 23.0 Å². The van der Waals surface area contributed by atoms with Crippen LogP contribution in [-0.4, -0.2) is 35.1 Å². The number of aromatic amines is 1. The zero-order chi connectivity index (χ0) is 18.4. The van der Waals surface area contributed by atoms with Crippen molar-refractivity contribution in [3.63, 3.8) is 0 Å². The summed E-state index contributed by atoms with van der Waals surface area (Å²) in [6.45, 7) is 2.45. The van der Waals surface area contributed by atoms with Crippen molar-refractivity contribution in [3.05, 3.63) is 59.8 Å². The van der Waals surface area contributed by atoms with Crippen LogP contribution in [0.5, 0.6) is 11.5 Å². The normalized spacial score (nSPS) is 10.4. The number of hydrogen-bond donors (Lipinski definition) is 1. The lowest BCUT2D eigenvalue weighted by molar-refractivity contribution is 0.0520. The van der Waals surface area contributed by atoms with Gasteiger partial charge in [0.2, 0.25) is 0 Å². The van der Waals surface area contributed by atoms with Gasteiger partial charge in [0.15, 0.2) is 5.69 Å². The van der Waals surface area contributed by atoms with Gasteiger partial charge in [-0.1, -0.05) is 12.1 Å². The molecule has 1 aromatic heterocycles. The molecule has 0 atom stereocenters. The first-order valence-corrected chi connectivity index (χ1v) is 8.15. The van der Waals surface area contributed by atoms with Crippen LogP contribution in [0.4, 0.5) is 0 Å². The fourth-order valence-electron chi connectivity index (χ4n) is 2.41. The Morgan fingerprint density at radius 1 is 1.08 bits per heavy atom. The van der Waals surface area contributed by atoms with Crippen molar-refractivity contribution in [2.45, 2.75) is 13.5 Å². The Balaban J connectivity index is 1.69. The molecule has 7 nitrogen and oxygen atoms in total. The summed E-state index contributed by atoms with van der Waals surface area (Å²) >= 11 is 0. The van der Waals surface area contributed by atoms with E-state index in [2.05, 4.69) is 15.4 Å². The summed E-state index contributed by atoms with van der Waals surface area (Å²) < 4.78 is 16.0. The maximum atomic E-state index is 11.9. The monoisotopic (exact) mass is 353 g/mol. The minimum atomic E-state index is -0.505. The van der Waals surface area contributed by atoms with E-state index >= 15 is 0 Å². The Bertz CT molecular complexity index is 875. The van der Waals surface area contributed by atoms with Crippen molar-refractivity contribution < 1.29 is 19.0 Å². The van der Waals surface area contributed by atoms with Gasteiger partial charge in [-0.2, -0.15) is 10.3 Å². The van der Waals surface area contributed by atoms with Gasteiger partial charge in [-0.15, -0.1) is 5.10 Å². The maximum absolute atomic E-state index is 11.9. The van der Waals surface area contributed by atoms with E-state index < -0.39 is 5.97 Å². The van der Waals surface area contributed by atoms with Gasteiger partial charge >= 0.3 is 5.97 Å². The number of nitrogens with zero attached hydrogens (tertiary/aromatic N) is 2. The zero-order valence-corrected chi connectivity index (χ0v) is 14.6. The molecular formula is C19H19N3O4. The van der Waals surface area contributed by atoms with Gasteiger partial charge in [-0.25, -0.2) is 4.79 Å².